The summed E-state index contributed by atoms with van der Waals surface area (Å²) < 4.78 is 5.07. The van der Waals surface area contributed by atoms with Crippen LogP contribution in [0.4, 0.5) is 0 Å². The zero-order valence-electron chi connectivity index (χ0n) is 8.90. The molecule has 0 saturated heterocycles. The molecule has 0 aliphatic carbocycles. The molecule has 0 radical (unpaired) electrons. The Hall–Kier alpha value is -1.82. The molecule has 0 aliphatic heterocycles. The maximum Gasteiger partial charge on any atom is 0.254 e. The van der Waals surface area contributed by atoms with E-state index >= 15 is 0 Å². The number of rotatable bonds is 5. The van der Waals surface area contributed by atoms with Crippen molar-refractivity contribution in [1.82, 2.24) is 5.32 Å². The first kappa shape index (κ1) is 12.3. The fourth-order valence-corrected chi connectivity index (χ4v) is 1.20. The smallest absolute Gasteiger partial charge is 0.254 e. The summed E-state index contributed by atoms with van der Waals surface area (Å²) in [5.41, 5.74) is 5.24. The monoisotopic (exact) mass is 226 g/mol. The van der Waals surface area contributed by atoms with Crippen LogP contribution in [0.2, 0.25) is 0 Å². The summed E-state index contributed by atoms with van der Waals surface area (Å²) >= 11 is 0. The van der Waals surface area contributed by atoms with Crippen LogP contribution in [0.5, 0.6) is 0 Å². The van der Waals surface area contributed by atoms with E-state index in [0.717, 1.165) is 0 Å². The van der Waals surface area contributed by atoms with Gasteiger partial charge < -0.3 is 20.6 Å². The Morgan fingerprint density at radius 3 is 2.88 bits per heavy atom. The van der Waals surface area contributed by atoms with E-state index in [9.17, 15) is 9.59 Å². The lowest BCUT2D eigenvalue weighted by molar-refractivity contribution is -0.125. The number of amides is 2. The van der Waals surface area contributed by atoms with Gasteiger partial charge in [-0.15, -0.1) is 0 Å². The van der Waals surface area contributed by atoms with Gasteiger partial charge >= 0.3 is 0 Å². The van der Waals surface area contributed by atoms with E-state index in [-0.39, 0.29) is 6.54 Å². The minimum atomic E-state index is -1.37. The number of carbonyl (C=O) groups excluding carboxylic acids is 2. The van der Waals surface area contributed by atoms with Gasteiger partial charge in [0.15, 0.2) is 0 Å². The Bertz CT molecular complexity index is 386. The van der Waals surface area contributed by atoms with Gasteiger partial charge in [-0.2, -0.15) is 0 Å². The van der Waals surface area contributed by atoms with E-state index in [0.29, 0.717) is 17.7 Å². The van der Waals surface area contributed by atoms with Crippen LogP contribution >= 0.6 is 0 Å². The average Bonchev–Trinajstić information content (AvgIpc) is 2.73. The molecule has 4 N–H and O–H groups in total. The molecule has 0 bridgehead atoms. The Morgan fingerprint density at radius 1 is 1.62 bits per heavy atom. The van der Waals surface area contributed by atoms with Gasteiger partial charge in [-0.25, -0.2) is 0 Å². The predicted molar refractivity (Wildman–Crippen MR) is 55.6 cm³/mol. The molecule has 0 saturated carbocycles. The summed E-state index contributed by atoms with van der Waals surface area (Å²) in [7, 11) is 0. The second kappa shape index (κ2) is 5.32. The van der Waals surface area contributed by atoms with Crippen molar-refractivity contribution in [2.24, 2.45) is 5.73 Å². The molecule has 1 unspecified atom stereocenters. The van der Waals surface area contributed by atoms with Crippen LogP contribution in [-0.4, -0.2) is 29.6 Å². The Balaban J connectivity index is 2.56. The van der Waals surface area contributed by atoms with Crippen molar-refractivity contribution in [3.05, 3.63) is 23.7 Å². The fourth-order valence-electron chi connectivity index (χ4n) is 1.20. The molecule has 0 fully saturated rings. The quantitative estimate of drug-likeness (QED) is 0.624. The Morgan fingerprint density at radius 2 is 2.31 bits per heavy atom. The van der Waals surface area contributed by atoms with E-state index in [1.54, 1.807) is 0 Å². The first-order valence-corrected chi connectivity index (χ1v) is 4.88. The molecular formula is C10H14N2O4. The van der Waals surface area contributed by atoms with Gasteiger partial charge in [-0.1, -0.05) is 6.92 Å². The summed E-state index contributed by atoms with van der Waals surface area (Å²) in [5, 5.41) is 11.5. The van der Waals surface area contributed by atoms with Crippen LogP contribution in [0, 0.1) is 0 Å². The van der Waals surface area contributed by atoms with Crippen LogP contribution in [0.15, 0.2) is 16.7 Å². The second-order valence-corrected chi connectivity index (χ2v) is 3.24. The zero-order chi connectivity index (χ0) is 12.1. The number of furan rings is 1. The molecule has 0 aliphatic rings. The number of hydrogen-bond acceptors (Lipinski definition) is 4. The number of aryl methyl sites for hydroxylation is 1. The number of aliphatic hydroxyl groups excluding tert-OH is 1. The third-order valence-corrected chi connectivity index (χ3v) is 2.10. The molecule has 16 heavy (non-hydrogen) atoms. The first-order valence-electron chi connectivity index (χ1n) is 4.88. The van der Waals surface area contributed by atoms with E-state index in [1.165, 1.54) is 12.3 Å². The van der Waals surface area contributed by atoms with Crippen LogP contribution in [0.3, 0.4) is 0 Å². The van der Waals surface area contributed by atoms with Crippen molar-refractivity contribution in [3.8, 4) is 0 Å². The van der Waals surface area contributed by atoms with Crippen molar-refractivity contribution >= 4 is 11.8 Å². The van der Waals surface area contributed by atoms with Crippen molar-refractivity contribution < 1.29 is 19.1 Å². The third kappa shape index (κ3) is 2.83. The number of hydrogen-bond donors (Lipinski definition) is 3. The summed E-state index contributed by atoms with van der Waals surface area (Å²) in [4.78, 5) is 22.1. The molecule has 1 rings (SSSR count). The highest BCUT2D eigenvalue weighted by molar-refractivity contribution is 5.95. The summed E-state index contributed by atoms with van der Waals surface area (Å²) in [5.74, 6) is -0.708. The summed E-state index contributed by atoms with van der Waals surface area (Å²) in [6.45, 7) is 1.65. The molecule has 6 nitrogen and oxygen atoms in total. The van der Waals surface area contributed by atoms with Crippen molar-refractivity contribution in [1.29, 1.82) is 0 Å². The lowest BCUT2D eigenvalue weighted by Gasteiger charge is -2.07. The molecule has 1 atom stereocenters. The first-order chi connectivity index (χ1) is 7.56. The van der Waals surface area contributed by atoms with Crippen LogP contribution in [-0.2, 0) is 11.2 Å². The van der Waals surface area contributed by atoms with E-state index in [4.69, 9.17) is 15.3 Å². The lowest BCUT2D eigenvalue weighted by atomic mass is 10.2. The number of aliphatic hydroxyl groups is 1. The Kier molecular flexibility index (Phi) is 4.07. The standard InChI is InChI=1S/C10H14N2O4/c1-2-8-6(3-4-16-8)10(15)12-5-7(13)9(11)14/h3-4,7,13H,2,5H2,1H3,(H2,11,14)(H,12,15). The molecule has 1 aromatic heterocycles. The lowest BCUT2D eigenvalue weighted by Crippen LogP contribution is -2.40. The Labute approximate surface area is 92.4 Å². The third-order valence-electron chi connectivity index (χ3n) is 2.10. The normalized spacial score (nSPS) is 12.1. The number of primary amides is 1. The highest BCUT2D eigenvalue weighted by Crippen LogP contribution is 2.10. The second-order valence-electron chi connectivity index (χ2n) is 3.24. The molecule has 0 spiro atoms. The molecular weight excluding hydrogens is 212 g/mol. The topological polar surface area (TPSA) is 106 Å². The highest BCUT2D eigenvalue weighted by Gasteiger charge is 2.16. The van der Waals surface area contributed by atoms with Crippen LogP contribution < -0.4 is 11.1 Å². The molecule has 2 amide bonds. The van der Waals surface area contributed by atoms with Crippen molar-refractivity contribution in [2.45, 2.75) is 19.4 Å². The van der Waals surface area contributed by atoms with Gasteiger partial charge in [0.25, 0.3) is 5.91 Å². The molecule has 0 aromatic carbocycles. The van der Waals surface area contributed by atoms with Gasteiger partial charge in [-0.3, -0.25) is 9.59 Å². The average molecular weight is 226 g/mol. The van der Waals surface area contributed by atoms with Gasteiger partial charge in [0.2, 0.25) is 5.91 Å². The van der Waals surface area contributed by atoms with E-state index in [2.05, 4.69) is 5.32 Å². The summed E-state index contributed by atoms with van der Waals surface area (Å²) in [6, 6.07) is 1.53. The number of carbonyl (C=O) groups is 2. The maximum absolute atomic E-state index is 11.6. The SMILES string of the molecule is CCc1occc1C(=O)NCC(O)C(N)=O. The number of nitrogens with two attached hydrogens (primary N) is 1. The molecule has 6 heteroatoms. The van der Waals surface area contributed by atoms with Crippen LogP contribution in [0.1, 0.15) is 23.0 Å². The van der Waals surface area contributed by atoms with Gasteiger partial charge in [0.1, 0.15) is 11.9 Å². The predicted octanol–water partition coefficient (Wildman–Crippen LogP) is -0.582. The van der Waals surface area contributed by atoms with Crippen molar-refractivity contribution in [3.63, 3.8) is 0 Å². The minimum absolute atomic E-state index is 0.206. The zero-order valence-corrected chi connectivity index (χ0v) is 8.90. The van der Waals surface area contributed by atoms with Gasteiger partial charge in [-0.05, 0) is 6.07 Å². The number of nitrogens with one attached hydrogen (secondary N) is 1. The largest absolute Gasteiger partial charge is 0.469 e. The molecule has 1 aromatic rings. The molecule has 88 valence electrons. The van der Waals surface area contributed by atoms with Gasteiger partial charge in [0.05, 0.1) is 18.4 Å². The molecule has 1 heterocycles. The van der Waals surface area contributed by atoms with Gasteiger partial charge in [0, 0.05) is 6.42 Å². The fraction of sp³-hybridized carbons (Fsp3) is 0.400. The maximum atomic E-state index is 11.6. The van der Waals surface area contributed by atoms with E-state index in [1.807, 2.05) is 6.92 Å². The van der Waals surface area contributed by atoms with Crippen LogP contribution in [0.25, 0.3) is 0 Å². The minimum Gasteiger partial charge on any atom is -0.469 e. The van der Waals surface area contributed by atoms with Crippen molar-refractivity contribution in [2.75, 3.05) is 6.54 Å². The summed E-state index contributed by atoms with van der Waals surface area (Å²) in [6.07, 6.45) is 0.632. The van der Waals surface area contributed by atoms with E-state index < -0.39 is 17.9 Å². The highest BCUT2D eigenvalue weighted by atomic mass is 16.3.